The van der Waals surface area contributed by atoms with E-state index in [-0.39, 0.29) is 30.6 Å². The molecule has 4 N–H and O–H groups in total. The summed E-state index contributed by atoms with van der Waals surface area (Å²) in [6.45, 7) is 5.25. The summed E-state index contributed by atoms with van der Waals surface area (Å²) in [5.41, 5.74) is 6.94. The van der Waals surface area contributed by atoms with Crippen LogP contribution in [0, 0.1) is 0 Å². The molecule has 13 heteroatoms. The molecule has 1 saturated heterocycles. The molecule has 0 spiro atoms. The van der Waals surface area contributed by atoms with Gasteiger partial charge in [-0.3, -0.25) is 19.4 Å². The molecule has 3 amide bonds. The van der Waals surface area contributed by atoms with Gasteiger partial charge in [0.2, 0.25) is 5.91 Å². The minimum absolute atomic E-state index is 0.190. The summed E-state index contributed by atoms with van der Waals surface area (Å²) in [5.74, 6) is -0.834. The summed E-state index contributed by atoms with van der Waals surface area (Å²) in [7, 11) is 0. The number of hydrogen-bond acceptors (Lipinski definition) is 10. The lowest BCUT2D eigenvalue weighted by atomic mass is 10.0. The molecule has 11 nitrogen and oxygen atoms in total. The van der Waals surface area contributed by atoms with Crippen molar-refractivity contribution in [1.29, 1.82) is 0 Å². The Morgan fingerprint density at radius 3 is 2.59 bits per heavy atom. The summed E-state index contributed by atoms with van der Waals surface area (Å²) in [4.78, 5) is 59.2. The fourth-order valence-corrected chi connectivity index (χ4v) is 6.66. The van der Waals surface area contributed by atoms with Gasteiger partial charge < -0.3 is 30.7 Å². The number of carbonyl (C=O) groups is 4. The molecule has 0 radical (unpaired) electrons. The van der Waals surface area contributed by atoms with Crippen molar-refractivity contribution in [2.75, 3.05) is 30.2 Å². The van der Waals surface area contributed by atoms with Gasteiger partial charge in [-0.25, -0.2) is 4.79 Å². The predicted octanol–water partition coefficient (Wildman–Crippen LogP) is 2.76. The average Bonchev–Trinajstić information content (AvgIpc) is 3.52. The van der Waals surface area contributed by atoms with Gasteiger partial charge in [-0.05, 0) is 51.1 Å². The number of aromatic nitrogens is 1. The van der Waals surface area contributed by atoms with Crippen molar-refractivity contribution in [1.82, 2.24) is 20.5 Å². The first-order chi connectivity index (χ1) is 22.0. The third kappa shape index (κ3) is 9.60. The second-order valence-corrected chi connectivity index (χ2v) is 13.9. The van der Waals surface area contributed by atoms with E-state index in [2.05, 4.69) is 15.6 Å². The van der Waals surface area contributed by atoms with E-state index >= 15 is 0 Å². The van der Waals surface area contributed by atoms with Gasteiger partial charge in [0.05, 0.1) is 11.9 Å². The first-order valence-electron chi connectivity index (χ1n) is 14.9. The van der Waals surface area contributed by atoms with Gasteiger partial charge in [0.25, 0.3) is 11.8 Å². The van der Waals surface area contributed by atoms with Crippen LogP contribution in [0.4, 0.5) is 0 Å². The van der Waals surface area contributed by atoms with Crippen LogP contribution in [-0.2, 0) is 30.3 Å². The molecule has 2 heterocycles. The Bertz CT molecular complexity index is 1510. The van der Waals surface area contributed by atoms with Crippen molar-refractivity contribution in [3.63, 3.8) is 0 Å². The number of benzene rings is 2. The number of nitrogens with zero attached hydrogens (tertiary/aromatic N) is 2. The molecule has 0 saturated carbocycles. The number of amides is 3. The highest BCUT2D eigenvalue weighted by Gasteiger charge is 2.42. The summed E-state index contributed by atoms with van der Waals surface area (Å²) in [5, 5.41) is 7.28. The maximum absolute atomic E-state index is 14.0. The zero-order valence-electron chi connectivity index (χ0n) is 26.4. The van der Waals surface area contributed by atoms with E-state index in [1.54, 1.807) is 36.8 Å². The first kappa shape index (κ1) is 35.1. The molecule has 0 bridgehead atoms. The van der Waals surface area contributed by atoms with Gasteiger partial charge in [-0.15, -0.1) is 11.8 Å². The number of carbonyl (C=O) groups excluding carboxylic acids is 4. The molecule has 1 fully saturated rings. The minimum Gasteiger partial charge on any atom is -0.483 e. The maximum atomic E-state index is 14.0. The highest BCUT2D eigenvalue weighted by molar-refractivity contribution is 7.99. The third-order valence-corrected chi connectivity index (χ3v) is 8.79. The van der Waals surface area contributed by atoms with Gasteiger partial charge in [-0.1, -0.05) is 42.5 Å². The van der Waals surface area contributed by atoms with Gasteiger partial charge in [-0.2, -0.15) is 11.8 Å². The van der Waals surface area contributed by atoms with Gasteiger partial charge in [0.15, 0.2) is 12.7 Å². The second-order valence-electron chi connectivity index (χ2n) is 12.0. The number of thioether (sulfide) groups is 2. The lowest BCUT2D eigenvalue weighted by Crippen LogP contribution is -2.58. The Kier molecular flexibility index (Phi) is 12.3. The number of ether oxygens (including phenoxy) is 2. The van der Waals surface area contributed by atoms with Crippen molar-refractivity contribution in [2.24, 2.45) is 5.73 Å². The number of fused-ring (bicyclic) bond motifs is 1. The molecule has 46 heavy (non-hydrogen) atoms. The smallest absolute Gasteiger partial charge is 0.330 e. The maximum Gasteiger partial charge on any atom is 0.330 e. The Hall–Kier alpha value is -3.81. The van der Waals surface area contributed by atoms with E-state index in [1.807, 2.05) is 57.2 Å². The van der Waals surface area contributed by atoms with Crippen molar-refractivity contribution in [3.8, 4) is 5.75 Å². The number of rotatable bonds is 13. The number of nitrogens with two attached hydrogens (primary N) is 1. The Morgan fingerprint density at radius 2 is 1.87 bits per heavy atom. The largest absolute Gasteiger partial charge is 0.483 e. The van der Waals surface area contributed by atoms with Crippen LogP contribution in [0.2, 0.25) is 0 Å². The van der Waals surface area contributed by atoms with E-state index in [4.69, 9.17) is 15.2 Å². The van der Waals surface area contributed by atoms with Gasteiger partial charge in [0, 0.05) is 40.2 Å². The van der Waals surface area contributed by atoms with E-state index in [0.29, 0.717) is 11.5 Å². The number of esters is 1. The lowest BCUT2D eigenvalue weighted by Gasteiger charge is -2.32. The van der Waals surface area contributed by atoms with Crippen molar-refractivity contribution in [3.05, 3.63) is 72.6 Å². The third-order valence-electron chi connectivity index (χ3n) is 7.11. The molecule has 0 unspecified atom stereocenters. The summed E-state index contributed by atoms with van der Waals surface area (Å²) < 4.78 is 11.6. The van der Waals surface area contributed by atoms with Crippen LogP contribution in [0.15, 0.2) is 67.0 Å². The fraction of sp³-hybridized carbons (Fsp3) is 0.424. The molecule has 246 valence electrons. The summed E-state index contributed by atoms with van der Waals surface area (Å²) in [6.07, 6.45) is 3.99. The van der Waals surface area contributed by atoms with Crippen LogP contribution >= 0.6 is 23.5 Å². The molecule has 3 aromatic rings. The lowest BCUT2D eigenvalue weighted by molar-refractivity contribution is -0.164. The quantitative estimate of drug-likeness (QED) is 0.232. The number of nitrogens with one attached hydrogen (secondary N) is 2. The number of pyridine rings is 1. The molecule has 1 aliphatic rings. The zero-order valence-corrected chi connectivity index (χ0v) is 28.1. The second kappa shape index (κ2) is 16.1. The standard InChI is InChI=1S/C33H41N5O6S2/c1-33(2,3)37-30(40)26-19-46-20-38(26)31(41)29(24(34)15-21-9-6-5-7-10-21)44-32(42)25(18-45-4)36-28(39)17-43-27-12-8-11-22-16-35-14-13-23(22)27/h5-14,16,24-26,29H,15,17-20,34H2,1-4H3,(H,36,39)(H,37,40)/t24-,25-,26-,29-/m0/s1. The van der Waals surface area contributed by atoms with Crippen LogP contribution in [0.1, 0.15) is 26.3 Å². The van der Waals surface area contributed by atoms with Crippen molar-refractivity contribution >= 4 is 58.0 Å². The Balaban J connectivity index is 1.49. The molecule has 0 aliphatic carbocycles. The van der Waals surface area contributed by atoms with Crippen LogP contribution in [0.5, 0.6) is 5.75 Å². The van der Waals surface area contributed by atoms with Crippen LogP contribution in [0.25, 0.3) is 10.8 Å². The molecule has 2 aromatic carbocycles. The van der Waals surface area contributed by atoms with E-state index in [0.717, 1.165) is 16.3 Å². The minimum atomic E-state index is -1.39. The topological polar surface area (TPSA) is 153 Å². The molecular weight excluding hydrogens is 627 g/mol. The Labute approximate surface area is 277 Å². The SMILES string of the molecule is CSC[C@H](NC(=O)COc1cccc2cnccc12)C(=O)O[C@H](C(=O)N1CSC[C@H]1C(=O)NC(C)(C)C)[C@@H](N)Cc1ccccc1. The van der Waals surface area contributed by atoms with Crippen molar-refractivity contribution in [2.45, 2.75) is 57.0 Å². The summed E-state index contributed by atoms with van der Waals surface area (Å²) in [6, 6.07) is 13.8. The van der Waals surface area contributed by atoms with Crippen LogP contribution < -0.4 is 21.1 Å². The monoisotopic (exact) mass is 667 g/mol. The van der Waals surface area contributed by atoms with E-state index in [1.165, 1.54) is 28.4 Å². The number of hydrogen-bond donors (Lipinski definition) is 3. The average molecular weight is 668 g/mol. The zero-order chi connectivity index (χ0) is 33.3. The molecule has 4 atom stereocenters. The fourth-order valence-electron chi connectivity index (χ4n) is 4.95. The van der Waals surface area contributed by atoms with Crippen LogP contribution in [0.3, 0.4) is 0 Å². The predicted molar refractivity (Wildman–Crippen MR) is 181 cm³/mol. The summed E-state index contributed by atoms with van der Waals surface area (Å²) >= 11 is 2.77. The molecule has 1 aliphatic heterocycles. The van der Waals surface area contributed by atoms with Gasteiger partial charge in [0.1, 0.15) is 17.8 Å². The molecular formula is C33H41N5O6S2. The van der Waals surface area contributed by atoms with Crippen molar-refractivity contribution < 1.29 is 28.7 Å². The van der Waals surface area contributed by atoms with E-state index < -0.39 is 47.6 Å². The van der Waals surface area contributed by atoms with Crippen LogP contribution in [-0.4, -0.2) is 93.6 Å². The first-order valence-corrected chi connectivity index (χ1v) is 17.5. The molecule has 1 aromatic heterocycles. The molecule has 4 rings (SSSR count). The normalized spacial score (nSPS) is 16.7. The highest BCUT2D eigenvalue weighted by Crippen LogP contribution is 2.26. The van der Waals surface area contributed by atoms with E-state index in [9.17, 15) is 19.2 Å². The van der Waals surface area contributed by atoms with Gasteiger partial charge >= 0.3 is 5.97 Å². The Morgan fingerprint density at radius 1 is 1.11 bits per heavy atom. The highest BCUT2D eigenvalue weighted by atomic mass is 32.2.